The number of amides is 1. The summed E-state index contributed by atoms with van der Waals surface area (Å²) >= 11 is 1.03. The molecule has 2 aromatic heterocycles. The molecule has 2 aromatic carbocycles. The number of hydrogen-bond acceptors (Lipinski definition) is 6. The lowest BCUT2D eigenvalue weighted by atomic mass is 10.1. The Labute approximate surface area is 178 Å². The number of nitrogens with one attached hydrogen (secondary N) is 1. The van der Waals surface area contributed by atoms with Crippen molar-refractivity contribution in [3.63, 3.8) is 0 Å². The second kappa shape index (κ2) is 7.91. The van der Waals surface area contributed by atoms with Crippen molar-refractivity contribution in [3.8, 4) is 22.8 Å². The molecule has 11 heteroatoms. The van der Waals surface area contributed by atoms with Gasteiger partial charge in [-0.05, 0) is 24.3 Å². The minimum absolute atomic E-state index is 0.235. The van der Waals surface area contributed by atoms with Gasteiger partial charge in [-0.3, -0.25) is 14.8 Å². The number of halogens is 3. The van der Waals surface area contributed by atoms with Crippen LogP contribution >= 0.6 is 11.3 Å². The Bertz CT molecular complexity index is 1270. The summed E-state index contributed by atoms with van der Waals surface area (Å²) in [5.74, 6) is -0.250. The first-order chi connectivity index (χ1) is 14.7. The normalized spacial score (nSPS) is 11.5. The highest BCUT2D eigenvalue weighted by molar-refractivity contribution is 7.22. The molecule has 0 saturated carbocycles. The van der Waals surface area contributed by atoms with Crippen LogP contribution in [0.4, 0.5) is 18.3 Å². The number of methoxy groups -OCH3 is 1. The fourth-order valence-electron chi connectivity index (χ4n) is 3.01. The van der Waals surface area contributed by atoms with Gasteiger partial charge in [0.05, 0.1) is 22.9 Å². The van der Waals surface area contributed by atoms with Crippen molar-refractivity contribution in [2.75, 3.05) is 12.4 Å². The summed E-state index contributed by atoms with van der Waals surface area (Å²) in [6.45, 7) is 0. The molecule has 31 heavy (non-hydrogen) atoms. The lowest BCUT2D eigenvalue weighted by molar-refractivity contribution is -0.274. The fourth-order valence-corrected chi connectivity index (χ4v) is 3.90. The molecule has 0 atom stereocenters. The molecule has 1 amide bonds. The van der Waals surface area contributed by atoms with Gasteiger partial charge in [-0.1, -0.05) is 23.5 Å². The zero-order valence-electron chi connectivity index (χ0n) is 16.2. The van der Waals surface area contributed by atoms with E-state index in [-0.39, 0.29) is 10.9 Å². The Kier molecular flexibility index (Phi) is 5.27. The van der Waals surface area contributed by atoms with Crippen LogP contribution in [0.25, 0.3) is 21.5 Å². The fraction of sp³-hybridized carbons (Fsp3) is 0.150. The third-order valence-corrected chi connectivity index (χ3v) is 5.18. The molecule has 0 unspecified atom stereocenters. The minimum atomic E-state index is -4.79. The molecule has 2 heterocycles. The van der Waals surface area contributed by atoms with E-state index in [1.54, 1.807) is 25.4 Å². The number of benzene rings is 2. The molecule has 0 aliphatic carbocycles. The highest BCUT2D eigenvalue weighted by Gasteiger charge is 2.31. The predicted molar refractivity (Wildman–Crippen MR) is 109 cm³/mol. The van der Waals surface area contributed by atoms with Gasteiger partial charge in [-0.15, -0.1) is 13.2 Å². The number of aromatic nitrogens is 3. The zero-order valence-corrected chi connectivity index (χ0v) is 17.0. The van der Waals surface area contributed by atoms with E-state index in [1.807, 2.05) is 12.1 Å². The van der Waals surface area contributed by atoms with Crippen molar-refractivity contribution in [1.29, 1.82) is 0 Å². The van der Waals surface area contributed by atoms with E-state index < -0.39 is 12.3 Å². The summed E-state index contributed by atoms with van der Waals surface area (Å²) in [7, 11) is 3.22. The number of alkyl halides is 3. The van der Waals surface area contributed by atoms with Crippen molar-refractivity contribution < 1.29 is 27.4 Å². The molecule has 0 fully saturated rings. The first-order valence-corrected chi connectivity index (χ1v) is 9.70. The summed E-state index contributed by atoms with van der Waals surface area (Å²) in [5, 5.41) is 7.30. The third kappa shape index (κ3) is 4.45. The largest absolute Gasteiger partial charge is 0.573 e. The highest BCUT2D eigenvalue weighted by Crippen LogP contribution is 2.34. The van der Waals surface area contributed by atoms with Gasteiger partial charge in [0.15, 0.2) is 5.13 Å². The smallest absolute Gasteiger partial charge is 0.496 e. The van der Waals surface area contributed by atoms with Crippen LogP contribution in [-0.4, -0.2) is 34.1 Å². The van der Waals surface area contributed by atoms with Gasteiger partial charge in [0, 0.05) is 24.9 Å². The van der Waals surface area contributed by atoms with Crippen molar-refractivity contribution in [3.05, 3.63) is 54.2 Å². The zero-order chi connectivity index (χ0) is 22.2. The maximum absolute atomic E-state index is 12.9. The summed E-state index contributed by atoms with van der Waals surface area (Å²) in [6.07, 6.45) is -3.22. The average Bonchev–Trinajstić information content (AvgIpc) is 3.29. The Morgan fingerprint density at radius 2 is 1.97 bits per heavy atom. The number of para-hydroxylation sites is 1. The summed E-state index contributed by atoms with van der Waals surface area (Å²) < 4.78 is 48.5. The summed E-state index contributed by atoms with van der Waals surface area (Å²) in [6, 6.07) is 11.0. The monoisotopic (exact) mass is 448 g/mol. The molecule has 7 nitrogen and oxygen atoms in total. The molecule has 4 rings (SSSR count). The van der Waals surface area contributed by atoms with Gasteiger partial charge in [0.2, 0.25) is 0 Å². The standard InChI is InChI=1S/C20H15F3N4O3S/c1-27-10-13(17(26-27)12-5-3-4-6-15(12)29-2)18(28)25-19-24-14-8-7-11(9-16(14)31-19)30-20(21,22)23/h3-10H,1-2H3,(H,24,25,28). The predicted octanol–water partition coefficient (Wildman–Crippen LogP) is 4.86. The van der Waals surface area contributed by atoms with Crippen molar-refractivity contribution in [2.45, 2.75) is 6.36 Å². The first kappa shape index (κ1) is 20.7. The van der Waals surface area contributed by atoms with Gasteiger partial charge in [0.25, 0.3) is 5.91 Å². The van der Waals surface area contributed by atoms with Crippen LogP contribution in [0.5, 0.6) is 11.5 Å². The molecule has 0 saturated heterocycles. The van der Waals surface area contributed by atoms with Crippen LogP contribution in [0, 0.1) is 0 Å². The van der Waals surface area contributed by atoms with Gasteiger partial charge in [0.1, 0.15) is 17.2 Å². The number of fused-ring (bicyclic) bond motifs is 1. The number of carbonyl (C=O) groups excluding carboxylic acids is 1. The summed E-state index contributed by atoms with van der Waals surface area (Å²) in [5.41, 5.74) is 1.81. The Balaban J connectivity index is 1.62. The van der Waals surface area contributed by atoms with Crippen LogP contribution in [-0.2, 0) is 7.05 Å². The van der Waals surface area contributed by atoms with Crippen molar-refractivity contribution in [1.82, 2.24) is 14.8 Å². The molecular formula is C20H15F3N4O3S. The molecule has 0 spiro atoms. The third-order valence-electron chi connectivity index (χ3n) is 4.25. The molecule has 0 aliphatic heterocycles. The second-order valence-electron chi connectivity index (χ2n) is 6.42. The lowest BCUT2D eigenvalue weighted by Crippen LogP contribution is -2.16. The molecule has 1 N–H and O–H groups in total. The Morgan fingerprint density at radius 1 is 1.19 bits per heavy atom. The van der Waals surface area contributed by atoms with E-state index in [9.17, 15) is 18.0 Å². The van der Waals surface area contributed by atoms with E-state index >= 15 is 0 Å². The molecule has 160 valence electrons. The van der Waals surface area contributed by atoms with Crippen molar-refractivity contribution >= 4 is 32.6 Å². The van der Waals surface area contributed by atoms with E-state index in [0.29, 0.717) is 32.8 Å². The number of anilines is 1. The van der Waals surface area contributed by atoms with E-state index in [4.69, 9.17) is 4.74 Å². The minimum Gasteiger partial charge on any atom is -0.496 e. The number of hydrogen-bond donors (Lipinski definition) is 1. The van der Waals surface area contributed by atoms with Crippen LogP contribution in [0.3, 0.4) is 0 Å². The van der Waals surface area contributed by atoms with E-state index in [1.165, 1.54) is 30.0 Å². The van der Waals surface area contributed by atoms with Gasteiger partial charge >= 0.3 is 6.36 Å². The van der Waals surface area contributed by atoms with Crippen LogP contribution < -0.4 is 14.8 Å². The molecule has 4 aromatic rings. The van der Waals surface area contributed by atoms with Gasteiger partial charge in [-0.2, -0.15) is 5.10 Å². The van der Waals surface area contributed by atoms with Gasteiger partial charge < -0.3 is 9.47 Å². The van der Waals surface area contributed by atoms with Crippen molar-refractivity contribution in [2.24, 2.45) is 7.05 Å². The number of nitrogens with zero attached hydrogens (tertiary/aromatic N) is 3. The maximum Gasteiger partial charge on any atom is 0.573 e. The Hall–Kier alpha value is -3.60. The molecule has 0 bridgehead atoms. The quantitative estimate of drug-likeness (QED) is 0.472. The van der Waals surface area contributed by atoms with E-state index in [0.717, 1.165) is 11.3 Å². The van der Waals surface area contributed by atoms with Crippen LogP contribution in [0.2, 0.25) is 0 Å². The highest BCUT2D eigenvalue weighted by atomic mass is 32.1. The number of rotatable bonds is 5. The number of ether oxygens (including phenoxy) is 2. The molecule has 0 radical (unpaired) electrons. The molecular weight excluding hydrogens is 433 g/mol. The maximum atomic E-state index is 12.9. The van der Waals surface area contributed by atoms with Crippen LogP contribution in [0.15, 0.2) is 48.7 Å². The number of carbonyl (C=O) groups is 1. The molecule has 0 aliphatic rings. The first-order valence-electron chi connectivity index (χ1n) is 8.88. The average molecular weight is 448 g/mol. The lowest BCUT2D eigenvalue weighted by Gasteiger charge is -2.07. The van der Waals surface area contributed by atoms with Gasteiger partial charge in [-0.25, -0.2) is 4.98 Å². The van der Waals surface area contributed by atoms with E-state index in [2.05, 4.69) is 20.1 Å². The Morgan fingerprint density at radius 3 is 2.71 bits per heavy atom. The topological polar surface area (TPSA) is 78.3 Å². The summed E-state index contributed by atoms with van der Waals surface area (Å²) in [4.78, 5) is 17.2. The number of aryl methyl sites for hydroxylation is 1. The number of thiazole rings is 1. The second-order valence-corrected chi connectivity index (χ2v) is 7.45. The van der Waals surface area contributed by atoms with Crippen LogP contribution in [0.1, 0.15) is 10.4 Å². The SMILES string of the molecule is COc1ccccc1-c1nn(C)cc1C(=O)Nc1nc2ccc(OC(F)(F)F)cc2s1.